The van der Waals surface area contributed by atoms with Gasteiger partial charge in [0.25, 0.3) is 0 Å². The van der Waals surface area contributed by atoms with E-state index in [9.17, 15) is 0 Å². The number of imidazole rings is 1. The zero-order valence-electron chi connectivity index (χ0n) is 19.0. The number of nitrogens with zero attached hydrogens (tertiary/aromatic N) is 5. The van der Waals surface area contributed by atoms with Gasteiger partial charge in [-0.2, -0.15) is 4.98 Å². The summed E-state index contributed by atoms with van der Waals surface area (Å²) in [7, 11) is 1.54. The number of ether oxygens (including phenoxy) is 1. The van der Waals surface area contributed by atoms with Crippen LogP contribution in [0.2, 0.25) is 5.02 Å². The predicted octanol–water partition coefficient (Wildman–Crippen LogP) is 5.17. The standard InChI is InChI=1S/C24H23BrClN7OS/c1-34-22-18(26)16(4-7-28-22)35-17-12-29-20-21(30-17)32-23(31-20)33-8-5-24(6-9-33)11-13-2-3-14(25)10-15(13)19(24)27/h2-4,7,10,12,19H,5-6,8-9,11,27H2,1H3,(H,29,30,31,32)/t19-/m1/s1. The maximum absolute atomic E-state index is 6.77. The highest BCUT2D eigenvalue weighted by atomic mass is 79.9. The van der Waals surface area contributed by atoms with Gasteiger partial charge in [-0.05, 0) is 54.0 Å². The molecule has 1 saturated heterocycles. The van der Waals surface area contributed by atoms with Crippen molar-refractivity contribution in [2.75, 3.05) is 25.1 Å². The molecule has 4 heterocycles. The number of nitrogens with one attached hydrogen (secondary N) is 1. The topological polar surface area (TPSA) is 106 Å². The van der Waals surface area contributed by atoms with E-state index in [-0.39, 0.29) is 11.5 Å². The third-order valence-electron chi connectivity index (χ3n) is 7.11. The summed E-state index contributed by atoms with van der Waals surface area (Å²) in [5.74, 6) is 1.18. The number of anilines is 1. The van der Waals surface area contributed by atoms with Crippen LogP contribution < -0.4 is 15.4 Å². The lowest BCUT2D eigenvalue weighted by molar-refractivity contribution is 0.187. The molecular formula is C24H23BrClN7OS. The van der Waals surface area contributed by atoms with Gasteiger partial charge in [0.2, 0.25) is 11.8 Å². The second-order valence-electron chi connectivity index (χ2n) is 9.02. The Hall–Kier alpha value is -2.40. The number of pyridine rings is 1. The highest BCUT2D eigenvalue weighted by Gasteiger charge is 2.46. The van der Waals surface area contributed by atoms with Gasteiger partial charge in [0.05, 0.1) is 13.3 Å². The third kappa shape index (κ3) is 4.06. The first-order chi connectivity index (χ1) is 17.0. The normalized spacial score (nSPS) is 18.9. The number of hydrogen-bond donors (Lipinski definition) is 2. The lowest BCUT2D eigenvalue weighted by Crippen LogP contribution is -2.44. The number of benzene rings is 1. The molecule has 0 saturated carbocycles. The molecule has 4 aromatic rings. The summed E-state index contributed by atoms with van der Waals surface area (Å²) in [6, 6.07) is 8.39. The molecule has 35 heavy (non-hydrogen) atoms. The maximum atomic E-state index is 6.77. The first-order valence-corrected chi connectivity index (χ1v) is 13.3. The Kier molecular flexibility index (Phi) is 5.87. The Bertz CT molecular complexity index is 1420. The molecule has 1 aliphatic carbocycles. The van der Waals surface area contributed by atoms with E-state index in [2.05, 4.69) is 59.0 Å². The molecule has 8 nitrogen and oxygen atoms in total. The Morgan fingerprint density at radius 3 is 2.86 bits per heavy atom. The second kappa shape index (κ2) is 8.92. The molecule has 6 rings (SSSR count). The SMILES string of the molecule is COc1nccc(Sc2cnc3[nH]c(N4CCC5(CC4)Cc4ccc(Br)cc4[C@H]5N)nc3n2)c1Cl. The van der Waals surface area contributed by atoms with Gasteiger partial charge in [0.15, 0.2) is 11.3 Å². The molecule has 1 aromatic carbocycles. The molecule has 0 unspecified atom stereocenters. The highest BCUT2D eigenvalue weighted by Crippen LogP contribution is 2.51. The molecule has 0 amide bonds. The van der Waals surface area contributed by atoms with E-state index in [0.717, 1.165) is 47.7 Å². The highest BCUT2D eigenvalue weighted by molar-refractivity contribution is 9.10. The van der Waals surface area contributed by atoms with E-state index in [1.54, 1.807) is 19.5 Å². The molecule has 0 radical (unpaired) electrons. The van der Waals surface area contributed by atoms with Crippen LogP contribution in [0.5, 0.6) is 5.88 Å². The average Bonchev–Trinajstić information content (AvgIpc) is 3.40. The molecule has 1 aliphatic heterocycles. The Morgan fingerprint density at radius 1 is 1.23 bits per heavy atom. The lowest BCUT2D eigenvalue weighted by atomic mass is 9.73. The zero-order chi connectivity index (χ0) is 24.2. The Labute approximate surface area is 220 Å². The van der Waals surface area contributed by atoms with Crippen LogP contribution in [-0.4, -0.2) is 45.1 Å². The van der Waals surface area contributed by atoms with Crippen LogP contribution in [-0.2, 0) is 6.42 Å². The van der Waals surface area contributed by atoms with Crippen molar-refractivity contribution in [1.82, 2.24) is 24.9 Å². The molecule has 1 fully saturated rings. The number of rotatable bonds is 4. The van der Waals surface area contributed by atoms with Crippen molar-refractivity contribution in [1.29, 1.82) is 0 Å². The van der Waals surface area contributed by atoms with E-state index in [4.69, 9.17) is 27.1 Å². The van der Waals surface area contributed by atoms with Crippen molar-refractivity contribution < 1.29 is 4.74 Å². The number of nitrogens with two attached hydrogens (primary N) is 1. The minimum absolute atomic E-state index is 0.0642. The van der Waals surface area contributed by atoms with Crippen LogP contribution >= 0.6 is 39.3 Å². The number of methoxy groups -OCH3 is 1. The molecule has 180 valence electrons. The number of piperidine rings is 1. The summed E-state index contributed by atoms with van der Waals surface area (Å²) in [6.07, 6.45) is 6.44. The zero-order valence-corrected chi connectivity index (χ0v) is 22.1. The van der Waals surface area contributed by atoms with E-state index in [1.165, 1.54) is 22.9 Å². The summed E-state index contributed by atoms with van der Waals surface area (Å²) in [5.41, 5.74) is 10.8. The van der Waals surface area contributed by atoms with Crippen LogP contribution in [0.3, 0.4) is 0 Å². The van der Waals surface area contributed by atoms with Crippen molar-refractivity contribution in [3.05, 3.63) is 57.3 Å². The first kappa shape index (κ1) is 23.0. The number of hydrogen-bond acceptors (Lipinski definition) is 8. The third-order valence-corrected chi connectivity index (χ3v) is 9.04. The summed E-state index contributed by atoms with van der Waals surface area (Å²) >= 11 is 11.4. The molecule has 1 atom stereocenters. The van der Waals surface area contributed by atoms with Gasteiger partial charge in [0.1, 0.15) is 10.0 Å². The Morgan fingerprint density at radius 2 is 2.06 bits per heavy atom. The van der Waals surface area contributed by atoms with Crippen LogP contribution in [0.4, 0.5) is 5.95 Å². The fourth-order valence-electron chi connectivity index (χ4n) is 5.19. The van der Waals surface area contributed by atoms with Gasteiger partial charge in [-0.25, -0.2) is 15.0 Å². The maximum Gasteiger partial charge on any atom is 0.233 e. The number of aromatic nitrogens is 5. The summed E-state index contributed by atoms with van der Waals surface area (Å²) < 4.78 is 6.29. The molecule has 11 heteroatoms. The van der Waals surface area contributed by atoms with Crippen molar-refractivity contribution in [2.24, 2.45) is 11.1 Å². The fraction of sp³-hybridized carbons (Fsp3) is 0.333. The van der Waals surface area contributed by atoms with Crippen molar-refractivity contribution in [3.63, 3.8) is 0 Å². The van der Waals surface area contributed by atoms with E-state index >= 15 is 0 Å². The Balaban J connectivity index is 1.18. The van der Waals surface area contributed by atoms with Crippen LogP contribution in [0, 0.1) is 5.41 Å². The van der Waals surface area contributed by atoms with E-state index in [0.29, 0.717) is 27.2 Å². The molecule has 3 aromatic heterocycles. The predicted molar refractivity (Wildman–Crippen MR) is 140 cm³/mol. The lowest BCUT2D eigenvalue weighted by Gasteiger charge is -2.42. The van der Waals surface area contributed by atoms with Crippen molar-refractivity contribution >= 4 is 56.5 Å². The smallest absolute Gasteiger partial charge is 0.233 e. The van der Waals surface area contributed by atoms with Gasteiger partial charge in [-0.15, -0.1) is 0 Å². The van der Waals surface area contributed by atoms with Gasteiger partial charge in [-0.3, -0.25) is 0 Å². The molecule has 0 bridgehead atoms. The fourth-order valence-corrected chi connectivity index (χ4v) is 6.64. The van der Waals surface area contributed by atoms with Crippen molar-refractivity contribution in [3.8, 4) is 5.88 Å². The van der Waals surface area contributed by atoms with Crippen LogP contribution in [0.15, 0.2) is 51.1 Å². The second-order valence-corrected chi connectivity index (χ2v) is 11.4. The van der Waals surface area contributed by atoms with Gasteiger partial charge < -0.3 is 20.4 Å². The average molecular weight is 573 g/mol. The number of halogens is 2. The first-order valence-electron chi connectivity index (χ1n) is 11.3. The minimum Gasteiger partial charge on any atom is -0.480 e. The molecule has 3 N–H and O–H groups in total. The van der Waals surface area contributed by atoms with Crippen LogP contribution in [0.25, 0.3) is 11.3 Å². The largest absolute Gasteiger partial charge is 0.480 e. The summed E-state index contributed by atoms with van der Waals surface area (Å²) in [4.78, 5) is 24.5. The summed E-state index contributed by atoms with van der Waals surface area (Å²) in [5, 5.41) is 1.15. The molecular weight excluding hydrogens is 550 g/mol. The van der Waals surface area contributed by atoms with Gasteiger partial charge >= 0.3 is 0 Å². The van der Waals surface area contributed by atoms with Crippen molar-refractivity contribution in [2.45, 2.75) is 35.2 Å². The quantitative estimate of drug-likeness (QED) is 0.345. The number of aromatic amines is 1. The van der Waals surface area contributed by atoms with Gasteiger partial charge in [-0.1, -0.05) is 45.4 Å². The van der Waals surface area contributed by atoms with Gasteiger partial charge in [0, 0.05) is 34.7 Å². The summed E-state index contributed by atoms with van der Waals surface area (Å²) in [6.45, 7) is 1.77. The molecule has 1 spiro atoms. The number of H-pyrrole nitrogens is 1. The number of fused-ring (bicyclic) bond motifs is 2. The van der Waals surface area contributed by atoms with Crippen LogP contribution in [0.1, 0.15) is 30.0 Å². The monoisotopic (exact) mass is 571 g/mol. The molecule has 2 aliphatic rings. The van der Waals surface area contributed by atoms with E-state index in [1.807, 2.05) is 6.07 Å². The van der Waals surface area contributed by atoms with E-state index < -0.39 is 0 Å². The minimum atomic E-state index is 0.0642.